The molecule has 0 bridgehead atoms. The van der Waals surface area contributed by atoms with Crippen molar-refractivity contribution in [3.05, 3.63) is 167 Å². The first-order valence-corrected chi connectivity index (χ1v) is 42.4. The molecule has 0 saturated carbocycles. The van der Waals surface area contributed by atoms with Crippen LogP contribution in [0, 0.1) is 11.6 Å². The monoisotopic (exact) mass is 1770 g/mol. The van der Waals surface area contributed by atoms with E-state index in [1.807, 2.05) is 132 Å². The minimum atomic E-state index is -3.66. The Bertz CT molecular complexity index is 4090. The number of halogens is 2. The molecule has 0 aliphatic heterocycles. The Hall–Kier alpha value is -8.12. The number of carbonyl (C=O) groups is 4. The number of nitrogens with zero attached hydrogens (tertiary/aromatic N) is 6. The summed E-state index contributed by atoms with van der Waals surface area (Å²) in [4.78, 5) is 58.0. The molecule has 32 nitrogen and oxygen atoms in total. The maximum Gasteiger partial charge on any atom is 2.00 e. The minimum Gasteiger partial charge on any atom is -0.550 e. The summed E-state index contributed by atoms with van der Waals surface area (Å²) in [5.41, 5.74) is 5.70. The topological polar surface area (TPSA) is 482 Å². The van der Waals surface area contributed by atoms with E-state index in [1.165, 1.54) is 86.9 Å². The number of benzene rings is 4. The van der Waals surface area contributed by atoms with E-state index < -0.39 is 105 Å². The van der Waals surface area contributed by atoms with Crippen LogP contribution in [0.2, 0.25) is 0 Å². The number of ether oxygens (including phenoxy) is 6. The zero-order chi connectivity index (χ0) is 90.6. The van der Waals surface area contributed by atoms with Crippen LogP contribution >= 0.6 is 0 Å². The van der Waals surface area contributed by atoms with Gasteiger partial charge in [-0.25, -0.2) is 63.8 Å². The summed E-state index contributed by atoms with van der Waals surface area (Å²) in [7, 11) is -4.67. The molecule has 6 aromatic rings. The van der Waals surface area contributed by atoms with Crippen molar-refractivity contribution in [2.24, 2.45) is 0 Å². The summed E-state index contributed by atoms with van der Waals surface area (Å²) in [5, 5.41) is 103. The molecule has 37 heteroatoms. The largest absolute Gasteiger partial charge is 2.00 e. The summed E-state index contributed by atoms with van der Waals surface area (Å²) < 4.78 is 110. The predicted molar refractivity (Wildman–Crippen MR) is 454 cm³/mol. The van der Waals surface area contributed by atoms with Crippen molar-refractivity contribution in [1.82, 2.24) is 30.6 Å². The third-order valence-corrected chi connectivity index (χ3v) is 18.5. The molecule has 0 amide bonds. The van der Waals surface area contributed by atoms with Crippen molar-refractivity contribution in [3.8, 4) is 34.0 Å². The van der Waals surface area contributed by atoms with Gasteiger partial charge in [0.2, 0.25) is 31.9 Å². The van der Waals surface area contributed by atoms with Gasteiger partial charge in [0, 0.05) is 111 Å². The second kappa shape index (κ2) is 58.1. The van der Waals surface area contributed by atoms with E-state index >= 15 is 0 Å². The zero-order valence-corrected chi connectivity index (χ0v) is 75.4. The van der Waals surface area contributed by atoms with Crippen LogP contribution in [0.5, 0.6) is 11.5 Å². The quantitative estimate of drug-likeness (QED) is 0.0115. The van der Waals surface area contributed by atoms with Crippen LogP contribution in [-0.2, 0) is 71.4 Å². The van der Waals surface area contributed by atoms with E-state index in [0.29, 0.717) is 122 Å². The molecule has 0 saturated heterocycles. The molecule has 121 heavy (non-hydrogen) atoms. The molecule has 0 aliphatic rings. The van der Waals surface area contributed by atoms with Gasteiger partial charge in [0.05, 0.1) is 112 Å². The van der Waals surface area contributed by atoms with Crippen LogP contribution in [0.15, 0.2) is 121 Å². The van der Waals surface area contributed by atoms with Gasteiger partial charge in [-0.2, -0.15) is 0 Å². The van der Waals surface area contributed by atoms with Gasteiger partial charge in [0.15, 0.2) is 0 Å². The smallest absolute Gasteiger partial charge is 0.550 e. The molecule has 668 valence electrons. The van der Waals surface area contributed by atoms with Crippen molar-refractivity contribution in [2.75, 3.05) is 87.9 Å². The van der Waals surface area contributed by atoms with Crippen molar-refractivity contribution < 1.29 is 124 Å². The molecule has 0 radical (unpaired) electrons. The van der Waals surface area contributed by atoms with Gasteiger partial charge in [-0.3, -0.25) is 0 Å². The standard InChI is InChI=1S/2C22H28FN3O6S.2C18H31NO4.C4H4O4.Ca/c2*1-13(2)20-18(10-9-16(27)11-17(28)12-19(29)30)21(14-5-7-15(23)8-6-14)25-22(24-20)26(3)33(4,31)32;2*1-14(2)19-11-17(20)13-23-18-7-5-16(6-8-18)12-21-9-10-22-15(3)4;5-3(6)1-2-4(7)8;/h2*5-10,13,16-17,27-28H,11-12H2,1-4H3,(H,29,30);2*5-8,14-15,17,19-20H,9-13H2,1-4H3;1-2H,(H,5,6)(H,7,8);/q;;;;;+2/p-2/b2*10-9+;;;2-1+;/t2*16-,17-;;;;/m11..../s1. The molecular formula is C84H120CaF2N8O24S2. The Balaban J connectivity index is 0.000000789. The summed E-state index contributed by atoms with van der Waals surface area (Å²) in [5.74, 6) is -5.29. The molecule has 6 rings (SSSR count). The molecular weight excluding hydrogens is 1650 g/mol. The SMILES string of the molecule is CC(C)NCC(O)COc1ccc(COCCOC(C)C)cc1.CC(C)NCC(O)COc1ccc(COCCOC(C)C)cc1.CC(C)c1nc(N(C)S(C)(=O)=O)nc(-c2ccc(F)cc2)c1/C=C/[C@@H](O)C[C@@H](O)CC(=O)[O-].CC(C)c1nc(N(C)S(C)(=O)=O)nc(-c2ccc(F)cc2)c1/C=C/[C@@H](O)C[C@@H](O)CC(=O)[O-].O=C(O)/C=C/C(=O)O.[Ca+2]. The van der Waals surface area contributed by atoms with E-state index in [-0.39, 0.29) is 99.7 Å². The van der Waals surface area contributed by atoms with E-state index in [4.69, 9.17) is 38.6 Å². The summed E-state index contributed by atoms with van der Waals surface area (Å²) in [6, 6.07) is 27.1. The summed E-state index contributed by atoms with van der Waals surface area (Å²) >= 11 is 0. The average Bonchev–Trinajstić information content (AvgIpc) is 0.785. The number of carboxylic acid groups (broad SMARTS) is 4. The molecule has 2 unspecified atom stereocenters. The van der Waals surface area contributed by atoms with Crippen LogP contribution < -0.4 is 38.9 Å². The first-order chi connectivity index (χ1) is 56.1. The predicted octanol–water partition coefficient (Wildman–Crippen LogP) is 6.20. The maximum absolute atomic E-state index is 13.5. The number of carboxylic acids is 4. The Morgan fingerprint density at radius 2 is 0.793 bits per heavy atom. The van der Waals surface area contributed by atoms with E-state index in [1.54, 1.807) is 0 Å². The van der Waals surface area contributed by atoms with E-state index in [0.717, 1.165) is 43.7 Å². The Labute approximate surface area is 738 Å². The van der Waals surface area contributed by atoms with Gasteiger partial charge in [0.1, 0.15) is 48.6 Å². The molecule has 2 heterocycles. The van der Waals surface area contributed by atoms with E-state index in [2.05, 4.69) is 30.6 Å². The van der Waals surface area contributed by atoms with Crippen LogP contribution in [0.4, 0.5) is 20.7 Å². The second-order valence-electron chi connectivity index (χ2n) is 29.2. The van der Waals surface area contributed by atoms with Crippen molar-refractivity contribution >= 4 is 106 Å². The Morgan fingerprint density at radius 3 is 1.06 bits per heavy atom. The van der Waals surface area contributed by atoms with Crippen LogP contribution in [0.25, 0.3) is 34.7 Å². The second-order valence-corrected chi connectivity index (χ2v) is 33.2. The number of sulfonamides is 2. The van der Waals surface area contributed by atoms with Crippen LogP contribution in [-0.4, -0.2) is 279 Å². The van der Waals surface area contributed by atoms with Gasteiger partial charge < -0.3 is 99.7 Å². The van der Waals surface area contributed by atoms with E-state index in [9.17, 15) is 85.6 Å². The maximum atomic E-state index is 13.5. The molecule has 0 spiro atoms. The van der Waals surface area contributed by atoms with Crippen molar-refractivity contribution in [1.29, 1.82) is 0 Å². The molecule has 0 aliphatic carbocycles. The number of aliphatic hydroxyl groups is 6. The minimum absolute atomic E-state index is 0. The molecule has 6 atom stereocenters. The average molecular weight is 1770 g/mol. The number of hydrogen-bond acceptors (Lipinski definition) is 28. The number of aliphatic hydroxyl groups excluding tert-OH is 6. The molecule has 2 aromatic heterocycles. The third kappa shape index (κ3) is 48.5. The van der Waals surface area contributed by atoms with Crippen molar-refractivity contribution in [3.63, 3.8) is 0 Å². The zero-order valence-electron chi connectivity index (χ0n) is 71.6. The number of aliphatic carboxylic acids is 4. The van der Waals surface area contributed by atoms with Gasteiger partial charge in [-0.1, -0.05) is 104 Å². The number of nitrogens with one attached hydrogen (secondary N) is 2. The fourth-order valence-corrected chi connectivity index (χ4v) is 10.6. The first-order valence-electron chi connectivity index (χ1n) is 38.7. The van der Waals surface area contributed by atoms with Crippen LogP contribution in [0.3, 0.4) is 0 Å². The third-order valence-electron chi connectivity index (χ3n) is 16.1. The Morgan fingerprint density at radius 1 is 0.479 bits per heavy atom. The first kappa shape index (κ1) is 111. The fourth-order valence-electron chi connectivity index (χ4n) is 9.89. The molecule has 0 fully saturated rings. The summed E-state index contributed by atoms with van der Waals surface area (Å²) in [6.07, 6.45) is 1.72. The normalized spacial score (nSPS) is 13.1. The fraction of sp³-hybridized carbons (Fsp3) is 0.500. The number of aromatic nitrogens is 4. The van der Waals surface area contributed by atoms with Crippen molar-refractivity contribution in [2.45, 2.75) is 195 Å². The summed E-state index contributed by atoms with van der Waals surface area (Å²) in [6.45, 7) is 28.7. The molecule has 10 N–H and O–H groups in total. The van der Waals surface area contributed by atoms with Gasteiger partial charge in [0.25, 0.3) is 0 Å². The number of rotatable bonds is 46. The number of anilines is 2. The number of hydrogen-bond donors (Lipinski definition) is 10. The number of carbonyl (C=O) groups excluding carboxylic acids is 2. The van der Waals surface area contributed by atoms with Crippen LogP contribution in [0.1, 0.15) is 154 Å². The molecule has 4 aromatic carbocycles. The Kier molecular flexibility index (Phi) is 53.2. The van der Waals surface area contributed by atoms with Gasteiger partial charge >= 0.3 is 49.7 Å². The van der Waals surface area contributed by atoms with Gasteiger partial charge in [-0.05, 0) is 123 Å². The van der Waals surface area contributed by atoms with Gasteiger partial charge in [-0.15, -0.1) is 0 Å².